The van der Waals surface area contributed by atoms with E-state index < -0.39 is 0 Å². The number of carbonyl (C=O) groups excluding carboxylic acids is 2. The molecule has 0 fully saturated rings. The molecule has 2 aromatic carbocycles. The number of anilines is 1. The van der Waals surface area contributed by atoms with Gasteiger partial charge < -0.3 is 19.7 Å². The Hall–Kier alpha value is -2.73. The van der Waals surface area contributed by atoms with Gasteiger partial charge in [0.15, 0.2) is 0 Å². The number of ether oxygens (including phenoxy) is 2. The van der Waals surface area contributed by atoms with E-state index in [4.69, 9.17) is 21.1 Å². The fourth-order valence-corrected chi connectivity index (χ4v) is 2.46. The summed E-state index contributed by atoms with van der Waals surface area (Å²) >= 11 is 6.16. The quantitative estimate of drug-likeness (QED) is 0.886. The van der Waals surface area contributed by atoms with Gasteiger partial charge in [0, 0.05) is 19.8 Å². The van der Waals surface area contributed by atoms with Crippen molar-refractivity contribution in [2.24, 2.45) is 0 Å². The highest BCUT2D eigenvalue weighted by Crippen LogP contribution is 2.26. The summed E-state index contributed by atoms with van der Waals surface area (Å²) in [4.78, 5) is 26.0. The molecule has 2 amide bonds. The van der Waals surface area contributed by atoms with Crippen LogP contribution in [0.4, 0.5) is 5.69 Å². The van der Waals surface area contributed by atoms with E-state index in [0.29, 0.717) is 28.3 Å². The van der Waals surface area contributed by atoms with Crippen LogP contribution in [0, 0.1) is 0 Å². The Kier molecular flexibility index (Phi) is 5.88. The van der Waals surface area contributed by atoms with Gasteiger partial charge in [-0.2, -0.15) is 0 Å². The van der Waals surface area contributed by atoms with Gasteiger partial charge in [0.2, 0.25) is 0 Å². The molecule has 0 unspecified atom stereocenters. The summed E-state index contributed by atoms with van der Waals surface area (Å²) in [5, 5.41) is 3.00. The first kappa shape index (κ1) is 18.6. The highest BCUT2D eigenvalue weighted by Gasteiger charge is 2.16. The minimum absolute atomic E-state index is 0.211. The molecule has 2 rings (SSSR count). The molecule has 0 radical (unpaired) electrons. The second-order valence-corrected chi connectivity index (χ2v) is 5.82. The van der Waals surface area contributed by atoms with Crippen molar-refractivity contribution in [1.82, 2.24) is 4.90 Å². The molecule has 6 nitrogen and oxygen atoms in total. The van der Waals surface area contributed by atoms with Crippen molar-refractivity contribution in [3.8, 4) is 11.5 Å². The van der Waals surface area contributed by atoms with Crippen molar-refractivity contribution in [3.05, 3.63) is 52.5 Å². The number of benzene rings is 2. The lowest BCUT2D eigenvalue weighted by Gasteiger charge is -2.14. The van der Waals surface area contributed by atoms with Gasteiger partial charge >= 0.3 is 0 Å². The summed E-state index contributed by atoms with van der Waals surface area (Å²) < 4.78 is 10.4. The fraction of sp³-hybridized carbons (Fsp3) is 0.222. The maximum absolute atomic E-state index is 12.5. The molecule has 1 N–H and O–H groups in total. The van der Waals surface area contributed by atoms with Crippen LogP contribution in [0.15, 0.2) is 36.4 Å². The number of carbonyl (C=O) groups is 2. The molecule has 7 heteroatoms. The molecule has 2 aromatic rings. The SMILES string of the molecule is COc1ccc(OC)c(C(=O)Nc2ccc(C(=O)N(C)C)c(Cl)c2)c1. The lowest BCUT2D eigenvalue weighted by Crippen LogP contribution is -2.22. The average Bonchev–Trinajstić information content (AvgIpc) is 2.60. The number of nitrogens with zero attached hydrogens (tertiary/aromatic N) is 1. The molecule has 0 aliphatic rings. The zero-order valence-corrected chi connectivity index (χ0v) is 15.2. The third-order valence-electron chi connectivity index (χ3n) is 3.51. The molecule has 0 bridgehead atoms. The molecule has 0 aromatic heterocycles. The standard InChI is InChI=1S/C18H19ClN2O4/c1-21(2)18(23)13-7-5-11(9-15(13)19)20-17(22)14-10-12(24-3)6-8-16(14)25-4/h5-10H,1-4H3,(H,20,22). The molecular formula is C18H19ClN2O4. The zero-order valence-electron chi connectivity index (χ0n) is 14.4. The number of amides is 2. The van der Waals surface area contributed by atoms with Crippen molar-refractivity contribution < 1.29 is 19.1 Å². The van der Waals surface area contributed by atoms with Crippen molar-refractivity contribution in [2.45, 2.75) is 0 Å². The van der Waals surface area contributed by atoms with E-state index in [2.05, 4.69) is 5.32 Å². The van der Waals surface area contributed by atoms with Gasteiger partial charge in [-0.1, -0.05) is 11.6 Å². The molecule has 0 aliphatic heterocycles. The van der Waals surface area contributed by atoms with Crippen LogP contribution in [0.3, 0.4) is 0 Å². The van der Waals surface area contributed by atoms with Crippen molar-refractivity contribution in [2.75, 3.05) is 33.6 Å². The molecule has 0 atom stereocenters. The van der Waals surface area contributed by atoms with Crippen LogP contribution in [-0.2, 0) is 0 Å². The van der Waals surface area contributed by atoms with E-state index >= 15 is 0 Å². The summed E-state index contributed by atoms with van der Waals surface area (Å²) in [6, 6.07) is 9.66. The normalized spacial score (nSPS) is 10.1. The van der Waals surface area contributed by atoms with Gasteiger partial charge in [-0.05, 0) is 36.4 Å². The van der Waals surface area contributed by atoms with E-state index in [1.54, 1.807) is 44.4 Å². The van der Waals surface area contributed by atoms with E-state index in [9.17, 15) is 9.59 Å². The van der Waals surface area contributed by atoms with Crippen molar-refractivity contribution in [3.63, 3.8) is 0 Å². The number of nitrogens with one attached hydrogen (secondary N) is 1. The van der Waals surface area contributed by atoms with Crippen LogP contribution in [0.2, 0.25) is 5.02 Å². The molecule has 132 valence electrons. The van der Waals surface area contributed by atoms with Crippen LogP contribution < -0.4 is 14.8 Å². The minimum Gasteiger partial charge on any atom is -0.497 e. The van der Waals surface area contributed by atoms with Gasteiger partial charge in [-0.3, -0.25) is 9.59 Å². The Morgan fingerprint density at radius 3 is 2.28 bits per heavy atom. The number of halogens is 1. The van der Waals surface area contributed by atoms with Gasteiger partial charge in [-0.25, -0.2) is 0 Å². The molecule has 0 saturated heterocycles. The average molecular weight is 363 g/mol. The molecule has 0 aliphatic carbocycles. The van der Waals surface area contributed by atoms with Crippen LogP contribution in [0.1, 0.15) is 20.7 Å². The number of hydrogen-bond acceptors (Lipinski definition) is 4. The van der Waals surface area contributed by atoms with E-state index in [1.165, 1.54) is 25.2 Å². The predicted octanol–water partition coefficient (Wildman–Crippen LogP) is 3.31. The van der Waals surface area contributed by atoms with Gasteiger partial charge in [0.1, 0.15) is 11.5 Å². The lowest BCUT2D eigenvalue weighted by molar-refractivity contribution is 0.0827. The second-order valence-electron chi connectivity index (χ2n) is 5.41. The Bertz CT molecular complexity index is 806. The molecule has 0 saturated carbocycles. The third kappa shape index (κ3) is 4.22. The minimum atomic E-state index is -0.376. The summed E-state index contributed by atoms with van der Waals surface area (Å²) in [6.45, 7) is 0. The first-order valence-corrected chi connectivity index (χ1v) is 7.79. The Balaban J connectivity index is 2.27. The van der Waals surface area contributed by atoms with E-state index in [-0.39, 0.29) is 16.8 Å². The Labute approximate surface area is 151 Å². The summed E-state index contributed by atoms with van der Waals surface area (Å²) in [6.07, 6.45) is 0. The fourth-order valence-electron chi connectivity index (χ4n) is 2.20. The Morgan fingerprint density at radius 2 is 1.72 bits per heavy atom. The zero-order chi connectivity index (χ0) is 18.6. The van der Waals surface area contributed by atoms with E-state index in [0.717, 1.165) is 0 Å². The first-order chi connectivity index (χ1) is 11.9. The van der Waals surface area contributed by atoms with Crippen LogP contribution in [-0.4, -0.2) is 45.0 Å². The first-order valence-electron chi connectivity index (χ1n) is 7.42. The summed E-state index contributed by atoms with van der Waals surface area (Å²) in [5.41, 5.74) is 1.16. The number of rotatable bonds is 5. The third-order valence-corrected chi connectivity index (χ3v) is 3.83. The number of hydrogen-bond donors (Lipinski definition) is 1. The lowest BCUT2D eigenvalue weighted by atomic mass is 10.1. The van der Waals surface area contributed by atoms with Gasteiger partial charge in [0.25, 0.3) is 11.8 Å². The largest absolute Gasteiger partial charge is 0.497 e. The van der Waals surface area contributed by atoms with E-state index in [1.807, 2.05) is 0 Å². The van der Waals surface area contributed by atoms with Crippen molar-refractivity contribution >= 4 is 29.1 Å². The smallest absolute Gasteiger partial charge is 0.259 e. The number of methoxy groups -OCH3 is 2. The van der Waals surface area contributed by atoms with Crippen LogP contribution >= 0.6 is 11.6 Å². The molecule has 0 heterocycles. The maximum atomic E-state index is 12.5. The second kappa shape index (κ2) is 7.90. The Morgan fingerprint density at radius 1 is 1.00 bits per heavy atom. The predicted molar refractivity (Wildman–Crippen MR) is 97.0 cm³/mol. The van der Waals surface area contributed by atoms with Crippen LogP contribution in [0.25, 0.3) is 0 Å². The van der Waals surface area contributed by atoms with Crippen LogP contribution in [0.5, 0.6) is 11.5 Å². The topological polar surface area (TPSA) is 67.9 Å². The van der Waals surface area contributed by atoms with Gasteiger partial charge in [0.05, 0.1) is 30.4 Å². The van der Waals surface area contributed by atoms with Gasteiger partial charge in [-0.15, -0.1) is 0 Å². The summed E-state index contributed by atoms with van der Waals surface area (Å²) in [5.74, 6) is 0.371. The maximum Gasteiger partial charge on any atom is 0.259 e. The molecule has 0 spiro atoms. The monoisotopic (exact) mass is 362 g/mol. The molecule has 25 heavy (non-hydrogen) atoms. The highest BCUT2D eigenvalue weighted by molar-refractivity contribution is 6.34. The summed E-state index contributed by atoms with van der Waals surface area (Å²) in [7, 11) is 6.29. The van der Waals surface area contributed by atoms with Crippen molar-refractivity contribution in [1.29, 1.82) is 0 Å². The molecular weight excluding hydrogens is 344 g/mol. The highest BCUT2D eigenvalue weighted by atomic mass is 35.5.